The third-order valence-corrected chi connectivity index (χ3v) is 5.90. The first-order valence-electron chi connectivity index (χ1n) is 10.9. The number of hydrogen-bond acceptors (Lipinski definition) is 4. The first-order valence-corrected chi connectivity index (χ1v) is 11.3. The molecule has 2 amide bonds. The molecular formula is C25H28ClN5O. The minimum atomic E-state index is -0.111. The van der Waals surface area contributed by atoms with E-state index < -0.39 is 0 Å². The highest BCUT2D eigenvalue weighted by Crippen LogP contribution is 2.31. The zero-order valence-corrected chi connectivity index (χ0v) is 19.4. The molecule has 1 aliphatic heterocycles. The van der Waals surface area contributed by atoms with Gasteiger partial charge in [0.15, 0.2) is 5.82 Å². The maximum absolute atomic E-state index is 12.7. The second-order valence-electron chi connectivity index (χ2n) is 8.31. The number of nitrogens with one attached hydrogen (secondary N) is 1. The van der Waals surface area contributed by atoms with E-state index in [9.17, 15) is 4.79 Å². The van der Waals surface area contributed by atoms with E-state index in [0.717, 1.165) is 22.9 Å². The number of benzene rings is 2. The molecule has 1 aliphatic rings. The standard InChI is InChI=1S/C25H28ClN5O/c1-17(2)22-18(3)27-23(19-8-5-4-6-9-19)29-24(22)30-12-14-31(15-13-30)25(32)28-21-11-7-10-20(26)16-21/h4-11,16-17H,12-15H2,1-3H3,(H,28,32). The van der Waals surface area contributed by atoms with Gasteiger partial charge in [0, 0.05) is 53.7 Å². The predicted molar refractivity (Wildman–Crippen MR) is 131 cm³/mol. The Hall–Kier alpha value is -3.12. The van der Waals surface area contributed by atoms with Gasteiger partial charge in [0.25, 0.3) is 0 Å². The number of urea groups is 1. The summed E-state index contributed by atoms with van der Waals surface area (Å²) >= 11 is 6.03. The molecule has 166 valence electrons. The number of carbonyl (C=O) groups is 1. The maximum atomic E-state index is 12.7. The molecule has 2 heterocycles. The summed E-state index contributed by atoms with van der Waals surface area (Å²) in [7, 11) is 0. The number of rotatable bonds is 4. The zero-order valence-electron chi connectivity index (χ0n) is 18.7. The molecule has 0 unspecified atom stereocenters. The van der Waals surface area contributed by atoms with E-state index in [1.807, 2.05) is 47.4 Å². The molecule has 0 spiro atoms. The number of aromatic nitrogens is 2. The van der Waals surface area contributed by atoms with E-state index in [-0.39, 0.29) is 6.03 Å². The summed E-state index contributed by atoms with van der Waals surface area (Å²) in [4.78, 5) is 26.6. The third-order valence-electron chi connectivity index (χ3n) is 5.67. The third kappa shape index (κ3) is 4.86. The summed E-state index contributed by atoms with van der Waals surface area (Å²) in [5.74, 6) is 2.02. The molecule has 3 aromatic rings. The highest BCUT2D eigenvalue weighted by atomic mass is 35.5. The van der Waals surface area contributed by atoms with Crippen LogP contribution < -0.4 is 10.2 Å². The van der Waals surface area contributed by atoms with Crippen molar-refractivity contribution in [3.8, 4) is 11.4 Å². The SMILES string of the molecule is Cc1nc(-c2ccccc2)nc(N2CCN(C(=O)Nc3cccc(Cl)c3)CC2)c1C(C)C. The Labute approximate surface area is 194 Å². The van der Waals surface area contributed by atoms with Crippen LogP contribution in [0, 0.1) is 6.92 Å². The maximum Gasteiger partial charge on any atom is 0.321 e. The topological polar surface area (TPSA) is 61.4 Å². The number of hydrogen-bond donors (Lipinski definition) is 1. The van der Waals surface area contributed by atoms with E-state index in [2.05, 4.69) is 31.0 Å². The Kier molecular flexibility index (Phi) is 6.61. The van der Waals surface area contributed by atoms with Crippen molar-refractivity contribution in [2.24, 2.45) is 0 Å². The van der Waals surface area contributed by atoms with E-state index in [1.165, 1.54) is 5.56 Å². The zero-order chi connectivity index (χ0) is 22.7. The lowest BCUT2D eigenvalue weighted by atomic mass is 10.0. The van der Waals surface area contributed by atoms with Gasteiger partial charge in [0.1, 0.15) is 5.82 Å². The molecule has 1 N–H and O–H groups in total. The van der Waals surface area contributed by atoms with Gasteiger partial charge < -0.3 is 15.1 Å². The molecule has 1 aromatic heterocycles. The molecule has 0 bridgehead atoms. The largest absolute Gasteiger partial charge is 0.353 e. The summed E-state index contributed by atoms with van der Waals surface area (Å²) in [5.41, 5.74) is 3.88. The number of piperazine rings is 1. The summed E-state index contributed by atoms with van der Waals surface area (Å²) < 4.78 is 0. The van der Waals surface area contributed by atoms with E-state index in [4.69, 9.17) is 21.6 Å². The van der Waals surface area contributed by atoms with Crippen LogP contribution in [0.5, 0.6) is 0 Å². The fourth-order valence-corrected chi connectivity index (χ4v) is 4.28. The predicted octanol–water partition coefficient (Wildman–Crippen LogP) is 5.58. The smallest absolute Gasteiger partial charge is 0.321 e. The number of nitrogens with zero attached hydrogens (tertiary/aromatic N) is 4. The van der Waals surface area contributed by atoms with Crippen LogP contribution in [0.15, 0.2) is 54.6 Å². The van der Waals surface area contributed by atoms with Crippen molar-refractivity contribution in [1.29, 1.82) is 0 Å². The molecular weight excluding hydrogens is 422 g/mol. The van der Waals surface area contributed by atoms with Crippen LogP contribution in [0.1, 0.15) is 31.0 Å². The quantitative estimate of drug-likeness (QED) is 0.564. The van der Waals surface area contributed by atoms with Gasteiger partial charge in [0.05, 0.1) is 0 Å². The second kappa shape index (κ2) is 9.57. The molecule has 0 atom stereocenters. The second-order valence-corrected chi connectivity index (χ2v) is 8.74. The van der Waals surface area contributed by atoms with Gasteiger partial charge in [-0.2, -0.15) is 0 Å². The number of aryl methyl sites for hydroxylation is 1. The molecule has 7 heteroatoms. The van der Waals surface area contributed by atoms with Crippen molar-refractivity contribution >= 4 is 29.1 Å². The highest BCUT2D eigenvalue weighted by Gasteiger charge is 2.26. The Morgan fingerprint density at radius 1 is 1.00 bits per heavy atom. The molecule has 0 radical (unpaired) electrons. The Morgan fingerprint density at radius 3 is 2.38 bits per heavy atom. The molecule has 1 fully saturated rings. The Morgan fingerprint density at radius 2 is 1.72 bits per heavy atom. The fraction of sp³-hybridized carbons (Fsp3) is 0.320. The first kappa shape index (κ1) is 22.1. The Balaban J connectivity index is 1.52. The summed E-state index contributed by atoms with van der Waals surface area (Å²) in [6.45, 7) is 9.07. The number of carbonyl (C=O) groups excluding carboxylic acids is 1. The highest BCUT2D eigenvalue weighted by molar-refractivity contribution is 6.30. The van der Waals surface area contributed by atoms with E-state index in [1.54, 1.807) is 12.1 Å². The molecule has 32 heavy (non-hydrogen) atoms. The monoisotopic (exact) mass is 449 g/mol. The molecule has 4 rings (SSSR count). The van der Waals surface area contributed by atoms with Crippen molar-refractivity contribution < 1.29 is 4.79 Å². The number of anilines is 2. The lowest BCUT2D eigenvalue weighted by Crippen LogP contribution is -2.50. The van der Waals surface area contributed by atoms with Crippen molar-refractivity contribution in [3.05, 3.63) is 70.9 Å². The summed E-state index contributed by atoms with van der Waals surface area (Å²) in [6.07, 6.45) is 0. The fourth-order valence-electron chi connectivity index (χ4n) is 4.09. The van der Waals surface area contributed by atoms with Crippen molar-refractivity contribution in [1.82, 2.24) is 14.9 Å². The lowest BCUT2D eigenvalue weighted by Gasteiger charge is -2.37. The van der Waals surface area contributed by atoms with Gasteiger partial charge in [-0.1, -0.05) is 61.8 Å². The van der Waals surface area contributed by atoms with Gasteiger partial charge in [-0.05, 0) is 31.0 Å². The average Bonchev–Trinajstić information content (AvgIpc) is 2.79. The van der Waals surface area contributed by atoms with Crippen LogP contribution in [0.2, 0.25) is 5.02 Å². The molecule has 0 saturated carbocycles. The van der Waals surface area contributed by atoms with Gasteiger partial charge in [-0.3, -0.25) is 0 Å². The van der Waals surface area contributed by atoms with Crippen LogP contribution in [0.3, 0.4) is 0 Å². The van der Waals surface area contributed by atoms with Crippen molar-refractivity contribution in [3.63, 3.8) is 0 Å². The molecule has 0 aliphatic carbocycles. The van der Waals surface area contributed by atoms with Gasteiger partial charge >= 0.3 is 6.03 Å². The van der Waals surface area contributed by atoms with Crippen molar-refractivity contribution in [2.45, 2.75) is 26.7 Å². The van der Waals surface area contributed by atoms with Crippen molar-refractivity contribution in [2.75, 3.05) is 36.4 Å². The van der Waals surface area contributed by atoms with E-state index >= 15 is 0 Å². The normalized spacial score (nSPS) is 14.0. The minimum Gasteiger partial charge on any atom is -0.353 e. The summed E-state index contributed by atoms with van der Waals surface area (Å²) in [6, 6.07) is 17.2. The molecule has 1 saturated heterocycles. The van der Waals surface area contributed by atoms with Gasteiger partial charge in [-0.25, -0.2) is 14.8 Å². The lowest BCUT2D eigenvalue weighted by molar-refractivity contribution is 0.208. The average molecular weight is 450 g/mol. The first-order chi connectivity index (χ1) is 15.4. The van der Waals surface area contributed by atoms with Crippen LogP contribution in [-0.4, -0.2) is 47.1 Å². The van der Waals surface area contributed by atoms with Crippen LogP contribution in [0.25, 0.3) is 11.4 Å². The van der Waals surface area contributed by atoms with Crippen LogP contribution in [0.4, 0.5) is 16.3 Å². The minimum absolute atomic E-state index is 0.111. The molecule has 2 aromatic carbocycles. The van der Waals surface area contributed by atoms with Gasteiger partial charge in [0.2, 0.25) is 0 Å². The number of halogens is 1. The molecule has 6 nitrogen and oxygen atoms in total. The Bertz CT molecular complexity index is 1090. The van der Waals surface area contributed by atoms with E-state index in [0.29, 0.717) is 42.8 Å². The van der Waals surface area contributed by atoms with Crippen LogP contribution >= 0.6 is 11.6 Å². The number of amides is 2. The van der Waals surface area contributed by atoms with Gasteiger partial charge in [-0.15, -0.1) is 0 Å². The van der Waals surface area contributed by atoms with Crippen LogP contribution in [-0.2, 0) is 0 Å². The summed E-state index contributed by atoms with van der Waals surface area (Å²) in [5, 5.41) is 3.53.